The summed E-state index contributed by atoms with van der Waals surface area (Å²) in [6.07, 6.45) is 1.39. The van der Waals surface area contributed by atoms with Gasteiger partial charge in [0, 0.05) is 6.42 Å². The number of aromatic nitrogens is 4. The number of rotatable bonds is 4. The minimum Gasteiger partial charge on any atom is -0.334 e. The number of hydrogen-bond acceptors (Lipinski definition) is 6. The van der Waals surface area contributed by atoms with Crippen molar-refractivity contribution < 1.29 is 4.52 Å². The van der Waals surface area contributed by atoms with Crippen LogP contribution >= 0.6 is 0 Å². The highest BCUT2D eigenvalue weighted by Crippen LogP contribution is 2.21. The topological polar surface area (TPSA) is 90.7 Å². The first kappa shape index (κ1) is 11.7. The van der Waals surface area contributed by atoms with Crippen LogP contribution < -0.4 is 5.73 Å². The molecule has 6 nitrogen and oxygen atoms in total. The molecule has 0 unspecified atom stereocenters. The summed E-state index contributed by atoms with van der Waals surface area (Å²) in [7, 11) is 0. The summed E-state index contributed by atoms with van der Waals surface area (Å²) < 4.78 is 5.22. The lowest BCUT2D eigenvalue weighted by molar-refractivity contribution is 0.422. The number of nitrogens with two attached hydrogens (primary N) is 1. The molecule has 2 heterocycles. The molecule has 6 heteroatoms. The minimum absolute atomic E-state index is 0.489. The van der Waals surface area contributed by atoms with Crippen molar-refractivity contribution in [2.75, 3.05) is 6.54 Å². The fraction of sp³-hybridized carbons (Fsp3) is 0.455. The van der Waals surface area contributed by atoms with Gasteiger partial charge < -0.3 is 10.3 Å². The zero-order chi connectivity index (χ0) is 12.3. The lowest BCUT2D eigenvalue weighted by atomic mass is 10.1. The largest absolute Gasteiger partial charge is 0.334 e. The van der Waals surface area contributed by atoms with Gasteiger partial charge >= 0.3 is 0 Å². The van der Waals surface area contributed by atoms with Crippen molar-refractivity contribution >= 4 is 0 Å². The van der Waals surface area contributed by atoms with E-state index in [0.29, 0.717) is 24.7 Å². The molecule has 0 fully saturated rings. The van der Waals surface area contributed by atoms with Gasteiger partial charge in [0.25, 0.3) is 5.89 Å². The van der Waals surface area contributed by atoms with E-state index in [0.717, 1.165) is 23.4 Å². The molecule has 0 aromatic carbocycles. The quantitative estimate of drug-likeness (QED) is 0.843. The fourth-order valence-corrected chi connectivity index (χ4v) is 1.55. The first-order valence-electron chi connectivity index (χ1n) is 5.60. The molecule has 0 radical (unpaired) electrons. The van der Waals surface area contributed by atoms with Crippen LogP contribution in [0.1, 0.15) is 24.1 Å². The lowest BCUT2D eigenvalue weighted by Crippen LogP contribution is -2.04. The van der Waals surface area contributed by atoms with E-state index in [9.17, 15) is 0 Å². The van der Waals surface area contributed by atoms with Crippen molar-refractivity contribution in [3.8, 4) is 11.5 Å². The summed E-state index contributed by atoms with van der Waals surface area (Å²) in [4.78, 5) is 4.29. The van der Waals surface area contributed by atoms with Crippen LogP contribution in [0.3, 0.4) is 0 Å². The Balaban J connectivity index is 2.40. The van der Waals surface area contributed by atoms with Gasteiger partial charge in [0.1, 0.15) is 0 Å². The van der Waals surface area contributed by atoms with Gasteiger partial charge in [-0.05, 0) is 26.0 Å². The van der Waals surface area contributed by atoms with Crippen molar-refractivity contribution in [2.45, 2.75) is 26.7 Å². The molecule has 2 N–H and O–H groups in total. The van der Waals surface area contributed by atoms with E-state index < -0.39 is 0 Å². The molecule has 0 aliphatic heterocycles. The Hall–Kier alpha value is -1.82. The van der Waals surface area contributed by atoms with Crippen LogP contribution in [0, 0.1) is 6.92 Å². The monoisotopic (exact) mass is 233 g/mol. The maximum atomic E-state index is 5.44. The number of aryl methyl sites for hydroxylation is 2. The van der Waals surface area contributed by atoms with E-state index in [1.54, 1.807) is 0 Å². The van der Waals surface area contributed by atoms with Gasteiger partial charge in [0.05, 0.1) is 17.0 Å². The Morgan fingerprint density at radius 3 is 2.88 bits per heavy atom. The van der Waals surface area contributed by atoms with Crippen LogP contribution in [0.15, 0.2) is 10.6 Å². The summed E-state index contributed by atoms with van der Waals surface area (Å²) in [5.41, 5.74) is 7.99. The fourth-order valence-electron chi connectivity index (χ4n) is 1.55. The Kier molecular flexibility index (Phi) is 3.43. The molecule has 2 rings (SSSR count). The van der Waals surface area contributed by atoms with Crippen LogP contribution in [0.2, 0.25) is 0 Å². The molecule has 0 saturated heterocycles. The second-order valence-electron chi connectivity index (χ2n) is 3.75. The predicted molar refractivity (Wildman–Crippen MR) is 62.2 cm³/mol. The highest BCUT2D eigenvalue weighted by Gasteiger charge is 2.13. The van der Waals surface area contributed by atoms with Crippen molar-refractivity contribution in [1.82, 2.24) is 20.3 Å². The molecule has 0 spiro atoms. The molecular weight excluding hydrogens is 218 g/mol. The smallest absolute Gasteiger partial charge is 0.259 e. The molecule has 0 aliphatic carbocycles. The molecular formula is C11H15N5O. The Labute approximate surface area is 99.2 Å². The van der Waals surface area contributed by atoms with Gasteiger partial charge in [-0.3, -0.25) is 0 Å². The zero-order valence-electron chi connectivity index (χ0n) is 9.97. The van der Waals surface area contributed by atoms with E-state index in [4.69, 9.17) is 10.3 Å². The minimum atomic E-state index is 0.489. The molecule has 0 aliphatic rings. The van der Waals surface area contributed by atoms with Gasteiger partial charge in [-0.25, -0.2) is 0 Å². The molecule has 0 atom stereocenters. The lowest BCUT2D eigenvalue weighted by Gasteiger charge is -2.01. The van der Waals surface area contributed by atoms with Gasteiger partial charge in [0.2, 0.25) is 0 Å². The summed E-state index contributed by atoms with van der Waals surface area (Å²) in [5.74, 6) is 1.11. The Bertz CT molecular complexity index is 508. The maximum Gasteiger partial charge on any atom is 0.259 e. The third-order valence-electron chi connectivity index (χ3n) is 2.39. The van der Waals surface area contributed by atoms with Crippen LogP contribution in [-0.4, -0.2) is 26.9 Å². The summed E-state index contributed by atoms with van der Waals surface area (Å²) in [6.45, 7) is 4.40. The number of hydrogen-bond donors (Lipinski definition) is 1. The molecule has 90 valence electrons. The van der Waals surface area contributed by atoms with Crippen molar-refractivity contribution in [1.29, 1.82) is 0 Å². The molecule has 2 aromatic rings. The SMILES string of the molecule is CCc1nnc(C)cc1-c1nc(CCN)no1. The van der Waals surface area contributed by atoms with Crippen LogP contribution in [0.5, 0.6) is 0 Å². The molecule has 17 heavy (non-hydrogen) atoms. The van der Waals surface area contributed by atoms with Crippen LogP contribution in [0.4, 0.5) is 0 Å². The van der Waals surface area contributed by atoms with E-state index in [2.05, 4.69) is 20.3 Å². The Morgan fingerprint density at radius 2 is 2.18 bits per heavy atom. The van der Waals surface area contributed by atoms with E-state index in [-0.39, 0.29) is 0 Å². The third kappa shape index (κ3) is 2.47. The predicted octanol–water partition coefficient (Wildman–Crippen LogP) is 0.899. The van der Waals surface area contributed by atoms with E-state index in [1.165, 1.54) is 0 Å². The van der Waals surface area contributed by atoms with Crippen molar-refractivity contribution in [3.05, 3.63) is 23.3 Å². The highest BCUT2D eigenvalue weighted by molar-refractivity contribution is 5.56. The second kappa shape index (κ2) is 5.01. The summed E-state index contributed by atoms with van der Waals surface area (Å²) in [6, 6.07) is 1.91. The van der Waals surface area contributed by atoms with Crippen LogP contribution in [-0.2, 0) is 12.8 Å². The number of nitrogens with zero attached hydrogens (tertiary/aromatic N) is 4. The molecule has 0 bridgehead atoms. The molecule has 0 amide bonds. The first-order chi connectivity index (χ1) is 8.24. The Morgan fingerprint density at radius 1 is 1.35 bits per heavy atom. The highest BCUT2D eigenvalue weighted by atomic mass is 16.5. The summed E-state index contributed by atoms with van der Waals surface area (Å²) >= 11 is 0. The standard InChI is InChI=1S/C11H15N5O/c1-3-9-8(6-7(2)14-15-9)11-13-10(4-5-12)16-17-11/h6H,3-5,12H2,1-2H3. The van der Waals surface area contributed by atoms with E-state index in [1.807, 2.05) is 19.9 Å². The van der Waals surface area contributed by atoms with Gasteiger partial charge in [-0.15, -0.1) is 0 Å². The van der Waals surface area contributed by atoms with Gasteiger partial charge in [0.15, 0.2) is 5.82 Å². The first-order valence-corrected chi connectivity index (χ1v) is 5.60. The van der Waals surface area contributed by atoms with Gasteiger partial charge in [-0.1, -0.05) is 12.1 Å². The van der Waals surface area contributed by atoms with Crippen molar-refractivity contribution in [2.24, 2.45) is 5.73 Å². The third-order valence-corrected chi connectivity index (χ3v) is 2.39. The second-order valence-corrected chi connectivity index (χ2v) is 3.75. The molecule has 0 saturated carbocycles. The molecule has 2 aromatic heterocycles. The zero-order valence-corrected chi connectivity index (χ0v) is 9.97. The average molecular weight is 233 g/mol. The average Bonchev–Trinajstić information content (AvgIpc) is 2.78. The normalized spacial score (nSPS) is 10.8. The summed E-state index contributed by atoms with van der Waals surface area (Å²) in [5, 5.41) is 12.0. The van der Waals surface area contributed by atoms with Crippen LogP contribution in [0.25, 0.3) is 11.5 Å². The van der Waals surface area contributed by atoms with E-state index >= 15 is 0 Å². The van der Waals surface area contributed by atoms with Crippen molar-refractivity contribution in [3.63, 3.8) is 0 Å². The van der Waals surface area contributed by atoms with Gasteiger partial charge in [-0.2, -0.15) is 15.2 Å². The maximum absolute atomic E-state index is 5.44.